The zero-order valence-corrected chi connectivity index (χ0v) is 21.0. The van der Waals surface area contributed by atoms with Gasteiger partial charge in [-0.2, -0.15) is 18.3 Å². The van der Waals surface area contributed by atoms with E-state index in [0.717, 1.165) is 28.3 Å². The first-order chi connectivity index (χ1) is 17.6. The van der Waals surface area contributed by atoms with Crippen LogP contribution >= 0.6 is 0 Å². The topological polar surface area (TPSA) is 53.7 Å². The molecule has 1 saturated heterocycles. The maximum Gasteiger partial charge on any atom is 0.433 e. The van der Waals surface area contributed by atoms with Crippen LogP contribution in [-0.4, -0.2) is 56.5 Å². The van der Waals surface area contributed by atoms with E-state index in [9.17, 15) is 18.0 Å². The van der Waals surface area contributed by atoms with E-state index in [1.807, 2.05) is 38.1 Å². The largest absolute Gasteiger partial charge is 0.433 e. The van der Waals surface area contributed by atoms with Crippen LogP contribution < -0.4 is 0 Å². The SMILES string of the molecule is Cc1ccc(-c2cc(C(F)(F)F)n3nc(C(=O)N4CCN(Cc5ccccc5C)CC4)cc3n2)cc1C. The molecule has 5 rings (SSSR count). The molecule has 37 heavy (non-hydrogen) atoms. The van der Waals surface area contributed by atoms with Gasteiger partial charge in [-0.3, -0.25) is 9.69 Å². The Morgan fingerprint density at radius 3 is 2.30 bits per heavy atom. The van der Waals surface area contributed by atoms with E-state index in [4.69, 9.17) is 0 Å². The van der Waals surface area contributed by atoms with E-state index in [1.54, 1.807) is 11.0 Å². The standard InChI is InChI=1S/C28H28F3N5O/c1-18-8-9-21(14-20(18)3)23-15-25(28(29,30)31)36-26(32-23)16-24(33-36)27(37)35-12-10-34(11-13-35)17-22-7-5-4-6-19(22)2/h4-9,14-16H,10-13,17H2,1-3H3. The van der Waals surface area contributed by atoms with Crippen molar-refractivity contribution in [3.8, 4) is 11.3 Å². The van der Waals surface area contributed by atoms with Crippen molar-refractivity contribution in [2.45, 2.75) is 33.5 Å². The number of aryl methyl sites for hydroxylation is 3. The lowest BCUT2D eigenvalue weighted by Gasteiger charge is -2.34. The smallest absolute Gasteiger partial charge is 0.335 e. The third-order valence-corrected chi connectivity index (χ3v) is 7.05. The van der Waals surface area contributed by atoms with Gasteiger partial charge in [0.2, 0.25) is 0 Å². The van der Waals surface area contributed by atoms with E-state index in [1.165, 1.54) is 17.2 Å². The van der Waals surface area contributed by atoms with Crippen molar-refractivity contribution in [1.29, 1.82) is 0 Å². The van der Waals surface area contributed by atoms with Crippen molar-refractivity contribution < 1.29 is 18.0 Å². The van der Waals surface area contributed by atoms with Gasteiger partial charge in [0.05, 0.1) is 5.69 Å². The van der Waals surface area contributed by atoms with Crippen LogP contribution in [0, 0.1) is 20.8 Å². The highest BCUT2D eigenvalue weighted by Crippen LogP contribution is 2.33. The molecule has 0 aliphatic carbocycles. The maximum absolute atomic E-state index is 14.0. The average molecular weight is 508 g/mol. The monoisotopic (exact) mass is 507 g/mol. The summed E-state index contributed by atoms with van der Waals surface area (Å²) in [7, 11) is 0. The van der Waals surface area contributed by atoms with Crippen LogP contribution in [0.3, 0.4) is 0 Å². The van der Waals surface area contributed by atoms with Crippen LogP contribution in [0.15, 0.2) is 54.6 Å². The molecule has 2 aromatic heterocycles. The van der Waals surface area contributed by atoms with Gasteiger partial charge in [-0.05, 0) is 55.2 Å². The molecule has 2 aromatic carbocycles. The molecule has 1 amide bonds. The molecule has 6 nitrogen and oxygen atoms in total. The number of amides is 1. The summed E-state index contributed by atoms with van der Waals surface area (Å²) >= 11 is 0. The fourth-order valence-corrected chi connectivity index (χ4v) is 4.63. The van der Waals surface area contributed by atoms with Crippen molar-refractivity contribution in [3.05, 3.63) is 88.2 Å². The number of fused-ring (bicyclic) bond motifs is 1. The second-order valence-corrected chi connectivity index (χ2v) is 9.62. The molecule has 0 saturated carbocycles. The molecule has 0 radical (unpaired) electrons. The van der Waals surface area contributed by atoms with Crippen molar-refractivity contribution in [2.24, 2.45) is 0 Å². The molecule has 0 atom stereocenters. The van der Waals surface area contributed by atoms with Gasteiger partial charge in [0.25, 0.3) is 5.91 Å². The molecule has 1 aliphatic heterocycles. The molecule has 0 unspecified atom stereocenters. The zero-order chi connectivity index (χ0) is 26.3. The predicted octanol–water partition coefficient (Wildman–Crippen LogP) is 5.30. The molecule has 192 valence electrons. The number of aromatic nitrogens is 3. The molecule has 1 aliphatic rings. The molecule has 1 fully saturated rings. The minimum atomic E-state index is -4.66. The Balaban J connectivity index is 1.39. The van der Waals surface area contributed by atoms with Gasteiger partial charge in [-0.25, -0.2) is 9.50 Å². The zero-order valence-electron chi connectivity index (χ0n) is 21.0. The van der Waals surface area contributed by atoms with Crippen LogP contribution in [0.5, 0.6) is 0 Å². The van der Waals surface area contributed by atoms with Crippen molar-refractivity contribution in [2.75, 3.05) is 26.2 Å². The van der Waals surface area contributed by atoms with E-state index < -0.39 is 11.9 Å². The average Bonchev–Trinajstić information content (AvgIpc) is 3.30. The molecular weight excluding hydrogens is 479 g/mol. The van der Waals surface area contributed by atoms with Gasteiger partial charge in [-0.1, -0.05) is 36.4 Å². The molecule has 9 heteroatoms. The lowest BCUT2D eigenvalue weighted by atomic mass is 10.0. The number of rotatable bonds is 4. The second kappa shape index (κ2) is 9.63. The predicted molar refractivity (Wildman–Crippen MR) is 135 cm³/mol. The molecule has 0 N–H and O–H groups in total. The van der Waals surface area contributed by atoms with Gasteiger partial charge in [-0.15, -0.1) is 0 Å². The molecule has 3 heterocycles. The summed E-state index contributed by atoms with van der Waals surface area (Å²) in [6.45, 7) is 9.02. The lowest BCUT2D eigenvalue weighted by molar-refractivity contribution is -0.142. The highest BCUT2D eigenvalue weighted by molar-refractivity contribution is 5.93. The van der Waals surface area contributed by atoms with Crippen LogP contribution in [0.2, 0.25) is 0 Å². The second-order valence-electron chi connectivity index (χ2n) is 9.62. The first-order valence-electron chi connectivity index (χ1n) is 12.2. The van der Waals surface area contributed by atoms with Gasteiger partial charge >= 0.3 is 6.18 Å². The highest BCUT2D eigenvalue weighted by Gasteiger charge is 2.36. The van der Waals surface area contributed by atoms with Gasteiger partial charge in [0.1, 0.15) is 0 Å². The Hall–Kier alpha value is -3.72. The molecular formula is C28H28F3N5O. The summed E-state index contributed by atoms with van der Waals surface area (Å²) in [5, 5.41) is 4.05. The summed E-state index contributed by atoms with van der Waals surface area (Å²) in [6.07, 6.45) is -4.66. The van der Waals surface area contributed by atoms with E-state index >= 15 is 0 Å². The summed E-state index contributed by atoms with van der Waals surface area (Å²) in [5.74, 6) is -0.387. The Morgan fingerprint density at radius 2 is 1.62 bits per heavy atom. The van der Waals surface area contributed by atoms with Crippen LogP contribution in [0.25, 0.3) is 16.9 Å². The number of alkyl halides is 3. The van der Waals surface area contributed by atoms with E-state index in [-0.39, 0.29) is 22.9 Å². The van der Waals surface area contributed by atoms with Crippen molar-refractivity contribution in [3.63, 3.8) is 0 Å². The number of hydrogen-bond donors (Lipinski definition) is 0. The van der Waals surface area contributed by atoms with Crippen LogP contribution in [0.1, 0.15) is 38.4 Å². The Morgan fingerprint density at radius 1 is 0.892 bits per heavy atom. The van der Waals surface area contributed by atoms with Crippen molar-refractivity contribution in [1.82, 2.24) is 24.4 Å². The summed E-state index contributed by atoms with van der Waals surface area (Å²) < 4.78 is 42.7. The Labute approximate surface area is 213 Å². The third kappa shape index (κ3) is 5.09. The fraction of sp³-hybridized carbons (Fsp3) is 0.321. The number of hydrogen-bond acceptors (Lipinski definition) is 4. The minimum Gasteiger partial charge on any atom is -0.335 e. The number of halogens is 3. The first kappa shape index (κ1) is 25.0. The number of nitrogens with zero attached hydrogens (tertiary/aromatic N) is 5. The summed E-state index contributed by atoms with van der Waals surface area (Å²) in [6, 6.07) is 16.0. The van der Waals surface area contributed by atoms with Crippen LogP contribution in [0.4, 0.5) is 13.2 Å². The number of carbonyl (C=O) groups excluding carboxylic acids is 1. The normalized spacial score (nSPS) is 14.9. The fourth-order valence-electron chi connectivity index (χ4n) is 4.63. The number of benzene rings is 2. The number of carbonyl (C=O) groups is 1. The molecule has 0 spiro atoms. The highest BCUT2D eigenvalue weighted by atomic mass is 19.4. The van der Waals surface area contributed by atoms with Gasteiger partial charge in [0.15, 0.2) is 17.0 Å². The summed E-state index contributed by atoms with van der Waals surface area (Å²) in [4.78, 5) is 21.6. The Bertz CT molecular complexity index is 1470. The number of piperazine rings is 1. The third-order valence-electron chi connectivity index (χ3n) is 7.05. The molecule has 0 bridgehead atoms. The minimum absolute atomic E-state index is 0.00964. The quantitative estimate of drug-likeness (QED) is 0.376. The van der Waals surface area contributed by atoms with E-state index in [0.29, 0.717) is 31.7 Å². The van der Waals surface area contributed by atoms with Gasteiger partial charge in [0, 0.05) is 44.4 Å². The maximum atomic E-state index is 14.0. The van der Waals surface area contributed by atoms with Gasteiger partial charge < -0.3 is 4.90 Å². The summed E-state index contributed by atoms with van der Waals surface area (Å²) in [5.41, 5.74) is 4.21. The molecule has 4 aromatic rings. The Kier molecular flexibility index (Phi) is 6.49. The lowest BCUT2D eigenvalue weighted by Crippen LogP contribution is -2.48. The van der Waals surface area contributed by atoms with E-state index in [2.05, 4.69) is 34.0 Å². The van der Waals surface area contributed by atoms with Crippen LogP contribution in [-0.2, 0) is 12.7 Å². The van der Waals surface area contributed by atoms with Crippen molar-refractivity contribution >= 4 is 11.6 Å². The first-order valence-corrected chi connectivity index (χ1v) is 12.2.